The first-order valence-electron chi connectivity index (χ1n) is 11.9. The Morgan fingerprint density at radius 1 is 1.21 bits per heavy atom. The zero-order valence-electron chi connectivity index (χ0n) is 20.2. The van der Waals surface area contributed by atoms with E-state index in [-0.39, 0.29) is 23.7 Å². The van der Waals surface area contributed by atoms with Crippen molar-refractivity contribution in [3.05, 3.63) is 58.1 Å². The minimum atomic E-state index is -0.731. The van der Waals surface area contributed by atoms with Crippen molar-refractivity contribution >= 4 is 30.0 Å². The van der Waals surface area contributed by atoms with E-state index in [1.807, 2.05) is 24.3 Å². The van der Waals surface area contributed by atoms with Crippen molar-refractivity contribution in [3.63, 3.8) is 0 Å². The molecule has 0 aromatic heterocycles. The number of carboxylic acid groups (broad SMARTS) is 1. The lowest BCUT2D eigenvalue weighted by Crippen LogP contribution is -2.45. The highest BCUT2D eigenvalue weighted by molar-refractivity contribution is 6.31. The maximum atomic E-state index is 11.2. The van der Waals surface area contributed by atoms with Crippen molar-refractivity contribution in [2.24, 2.45) is 11.8 Å². The topological polar surface area (TPSA) is 59.0 Å². The van der Waals surface area contributed by atoms with Gasteiger partial charge in [0.2, 0.25) is 0 Å². The number of halogens is 2. The molecule has 2 aliphatic heterocycles. The summed E-state index contributed by atoms with van der Waals surface area (Å²) in [6, 6.07) is 12.2. The number of benzene rings is 2. The fourth-order valence-corrected chi connectivity index (χ4v) is 5.29. The normalized spacial score (nSPS) is 17.7. The second-order valence-electron chi connectivity index (χ2n) is 10.0. The van der Waals surface area contributed by atoms with Crippen LogP contribution < -0.4 is 9.47 Å². The molecule has 2 heterocycles. The van der Waals surface area contributed by atoms with Crippen LogP contribution in [0.5, 0.6) is 11.5 Å². The third-order valence-electron chi connectivity index (χ3n) is 7.02. The van der Waals surface area contributed by atoms with E-state index in [0.29, 0.717) is 25.7 Å². The SMILES string of the molecule is CC(C)Cc1cccc(Cl)c1COc1ccc2c(c1)OCC21CCN(CC(C)C(=O)O)CC1.Cl. The number of carboxylic acids is 1. The fraction of sp³-hybridized carbons (Fsp3) is 0.519. The van der Waals surface area contributed by atoms with Crippen LogP contribution in [0.25, 0.3) is 0 Å². The van der Waals surface area contributed by atoms with E-state index in [1.165, 1.54) is 11.1 Å². The van der Waals surface area contributed by atoms with Gasteiger partial charge in [0, 0.05) is 34.2 Å². The molecule has 2 aliphatic rings. The van der Waals surface area contributed by atoms with E-state index in [4.69, 9.17) is 21.1 Å². The largest absolute Gasteiger partial charge is 0.492 e. The van der Waals surface area contributed by atoms with Crippen molar-refractivity contribution in [1.82, 2.24) is 4.90 Å². The zero-order valence-corrected chi connectivity index (χ0v) is 21.8. The van der Waals surface area contributed by atoms with Crippen molar-refractivity contribution in [3.8, 4) is 11.5 Å². The number of aliphatic carboxylic acids is 1. The van der Waals surface area contributed by atoms with Gasteiger partial charge in [-0.25, -0.2) is 0 Å². The van der Waals surface area contributed by atoms with Crippen LogP contribution in [0.1, 0.15) is 50.3 Å². The second-order valence-corrected chi connectivity index (χ2v) is 10.4. The maximum Gasteiger partial charge on any atom is 0.307 e. The van der Waals surface area contributed by atoms with Gasteiger partial charge in [0.15, 0.2) is 0 Å². The molecule has 186 valence electrons. The first-order valence-corrected chi connectivity index (χ1v) is 12.3. The molecule has 1 saturated heterocycles. The van der Waals surface area contributed by atoms with Crippen LogP contribution in [0.3, 0.4) is 0 Å². The highest BCUT2D eigenvalue weighted by Gasteiger charge is 2.43. The molecule has 0 amide bonds. The lowest BCUT2D eigenvalue weighted by atomic mass is 9.74. The van der Waals surface area contributed by atoms with E-state index >= 15 is 0 Å². The summed E-state index contributed by atoms with van der Waals surface area (Å²) in [6.07, 6.45) is 2.92. The first-order chi connectivity index (χ1) is 15.8. The van der Waals surface area contributed by atoms with Crippen LogP contribution in [-0.4, -0.2) is 42.2 Å². The molecular weight excluding hydrogens is 473 g/mol. The molecule has 1 unspecified atom stereocenters. The molecule has 5 nitrogen and oxygen atoms in total. The van der Waals surface area contributed by atoms with Gasteiger partial charge in [-0.1, -0.05) is 50.6 Å². The van der Waals surface area contributed by atoms with Crippen LogP contribution in [0.4, 0.5) is 0 Å². The molecule has 1 N–H and O–H groups in total. The summed E-state index contributed by atoms with van der Waals surface area (Å²) < 4.78 is 12.3. The highest BCUT2D eigenvalue weighted by atomic mass is 35.5. The number of piperidine rings is 1. The Morgan fingerprint density at radius 2 is 1.94 bits per heavy atom. The van der Waals surface area contributed by atoms with Crippen molar-refractivity contribution in [2.75, 3.05) is 26.2 Å². The Balaban J connectivity index is 0.00000324. The molecule has 34 heavy (non-hydrogen) atoms. The van der Waals surface area contributed by atoms with Gasteiger partial charge in [0.25, 0.3) is 0 Å². The van der Waals surface area contributed by atoms with Gasteiger partial charge in [0.05, 0.1) is 12.5 Å². The van der Waals surface area contributed by atoms with Gasteiger partial charge in [-0.15, -0.1) is 12.4 Å². The molecular formula is C27H35Cl2NO4. The zero-order chi connectivity index (χ0) is 23.6. The summed E-state index contributed by atoms with van der Waals surface area (Å²) in [5, 5.41) is 9.94. The molecule has 1 atom stereocenters. The first kappa shape index (κ1) is 26.7. The monoisotopic (exact) mass is 507 g/mol. The van der Waals surface area contributed by atoms with Crippen LogP contribution in [0, 0.1) is 11.8 Å². The third kappa shape index (κ3) is 5.81. The molecule has 0 bridgehead atoms. The standard InChI is InChI=1S/C27H34ClNO4.ClH/c1-18(2)13-20-5-4-6-24(28)22(20)16-32-21-7-8-23-25(14-21)33-17-27(23)9-11-29(12-10-27)15-19(3)26(30)31;/h4-8,14,18-19H,9-13,15-17H2,1-3H3,(H,30,31);1H. The highest BCUT2D eigenvalue weighted by Crippen LogP contribution is 2.46. The van der Waals surface area contributed by atoms with E-state index in [0.717, 1.165) is 54.4 Å². The Bertz CT molecular complexity index is 1000. The smallest absolute Gasteiger partial charge is 0.307 e. The molecule has 0 saturated carbocycles. The average Bonchev–Trinajstić information content (AvgIpc) is 3.12. The van der Waals surface area contributed by atoms with E-state index < -0.39 is 5.97 Å². The molecule has 1 fully saturated rings. The van der Waals surface area contributed by atoms with Crippen LogP contribution >= 0.6 is 24.0 Å². The minimum Gasteiger partial charge on any atom is -0.492 e. The average molecular weight is 508 g/mol. The molecule has 4 rings (SSSR count). The van der Waals surface area contributed by atoms with Gasteiger partial charge >= 0.3 is 5.97 Å². The Labute approximate surface area is 213 Å². The summed E-state index contributed by atoms with van der Waals surface area (Å²) in [5.41, 5.74) is 3.55. The lowest BCUT2D eigenvalue weighted by molar-refractivity contribution is -0.141. The van der Waals surface area contributed by atoms with Crippen LogP contribution in [0.2, 0.25) is 5.02 Å². The quantitative estimate of drug-likeness (QED) is 0.475. The van der Waals surface area contributed by atoms with Crippen LogP contribution in [0.15, 0.2) is 36.4 Å². The number of nitrogens with zero attached hydrogens (tertiary/aromatic N) is 1. The van der Waals surface area contributed by atoms with Crippen molar-refractivity contribution in [2.45, 2.75) is 52.1 Å². The molecule has 1 spiro atoms. The van der Waals surface area contributed by atoms with Crippen molar-refractivity contribution in [1.29, 1.82) is 0 Å². The van der Waals surface area contributed by atoms with Gasteiger partial charge in [-0.2, -0.15) is 0 Å². The molecule has 7 heteroatoms. The van der Waals surface area contributed by atoms with E-state index in [1.54, 1.807) is 6.92 Å². The lowest BCUT2D eigenvalue weighted by Gasteiger charge is -2.39. The third-order valence-corrected chi connectivity index (χ3v) is 7.38. The molecule has 0 radical (unpaired) electrons. The fourth-order valence-electron chi connectivity index (χ4n) is 5.04. The van der Waals surface area contributed by atoms with Gasteiger partial charge in [-0.05, 0) is 56.0 Å². The Hall–Kier alpha value is -1.95. The number of ether oxygens (including phenoxy) is 2. The number of fused-ring (bicyclic) bond motifs is 2. The second kappa shape index (κ2) is 11.2. The van der Waals surface area contributed by atoms with Crippen molar-refractivity contribution < 1.29 is 19.4 Å². The summed E-state index contributed by atoms with van der Waals surface area (Å²) in [4.78, 5) is 13.4. The van der Waals surface area contributed by atoms with Gasteiger partial charge in [0.1, 0.15) is 18.1 Å². The van der Waals surface area contributed by atoms with Gasteiger partial charge < -0.3 is 19.5 Å². The predicted molar refractivity (Wildman–Crippen MR) is 138 cm³/mol. The van der Waals surface area contributed by atoms with E-state index in [2.05, 4.69) is 30.9 Å². The summed E-state index contributed by atoms with van der Waals surface area (Å²) >= 11 is 6.49. The summed E-state index contributed by atoms with van der Waals surface area (Å²) in [5.74, 6) is 1.16. The molecule has 0 aliphatic carbocycles. The number of likely N-dealkylation sites (tertiary alicyclic amines) is 1. The maximum absolute atomic E-state index is 11.2. The number of hydrogen-bond donors (Lipinski definition) is 1. The number of carbonyl (C=O) groups is 1. The summed E-state index contributed by atoms with van der Waals surface area (Å²) in [6.45, 7) is 9.68. The molecule has 2 aromatic carbocycles. The molecule has 2 aromatic rings. The Kier molecular flexibility index (Phi) is 8.77. The predicted octanol–water partition coefficient (Wildman–Crippen LogP) is 5.99. The Morgan fingerprint density at radius 3 is 2.62 bits per heavy atom. The number of rotatable bonds is 8. The number of hydrogen-bond acceptors (Lipinski definition) is 4. The van der Waals surface area contributed by atoms with E-state index in [9.17, 15) is 9.90 Å². The minimum absolute atomic E-state index is 0. The van der Waals surface area contributed by atoms with Crippen LogP contribution in [-0.2, 0) is 23.2 Å². The van der Waals surface area contributed by atoms with Gasteiger partial charge in [-0.3, -0.25) is 4.79 Å². The summed E-state index contributed by atoms with van der Waals surface area (Å²) in [7, 11) is 0.